The molecule has 144 valence electrons. The van der Waals surface area contributed by atoms with Crippen molar-refractivity contribution in [3.63, 3.8) is 0 Å². The molecule has 27 heavy (non-hydrogen) atoms. The molecule has 4 aliphatic carbocycles. The molecule has 3 N–H and O–H groups in total. The van der Waals surface area contributed by atoms with Gasteiger partial charge in [-0.25, -0.2) is 14.4 Å². The maximum Gasteiger partial charge on any atom is 0.223 e. The summed E-state index contributed by atoms with van der Waals surface area (Å²) in [6, 6.07) is 0. The van der Waals surface area contributed by atoms with Gasteiger partial charge in [0.1, 0.15) is 5.69 Å². The number of nitrogens with two attached hydrogens (primary N) is 1. The van der Waals surface area contributed by atoms with Gasteiger partial charge < -0.3 is 11.1 Å². The summed E-state index contributed by atoms with van der Waals surface area (Å²) in [5, 5.41) is 7.90. The highest BCUT2D eigenvalue weighted by Gasteiger charge is 2.47. The minimum absolute atomic E-state index is 0.00198. The van der Waals surface area contributed by atoms with E-state index in [0.29, 0.717) is 17.6 Å². The first kappa shape index (κ1) is 17.1. The van der Waals surface area contributed by atoms with Gasteiger partial charge in [-0.05, 0) is 63.7 Å². The van der Waals surface area contributed by atoms with Crippen molar-refractivity contribution in [1.82, 2.24) is 19.7 Å². The summed E-state index contributed by atoms with van der Waals surface area (Å²) in [7, 11) is 1.92. The second kappa shape index (κ2) is 5.99. The first-order chi connectivity index (χ1) is 13.0. The fourth-order valence-electron chi connectivity index (χ4n) is 4.75. The Kier molecular flexibility index (Phi) is 3.79. The number of hydrogen-bond acceptors (Lipinski definition) is 5. The fraction of sp³-hybridized carbons (Fsp3) is 0.650. The van der Waals surface area contributed by atoms with Gasteiger partial charge >= 0.3 is 0 Å². The van der Waals surface area contributed by atoms with Crippen molar-refractivity contribution in [3.8, 4) is 11.3 Å². The average Bonchev–Trinajstić information content (AvgIpc) is 3.41. The molecule has 0 unspecified atom stereocenters. The van der Waals surface area contributed by atoms with Gasteiger partial charge in [-0.3, -0.25) is 4.68 Å². The average molecular weight is 370 g/mol. The quantitative estimate of drug-likeness (QED) is 0.845. The zero-order valence-corrected chi connectivity index (χ0v) is 15.8. The van der Waals surface area contributed by atoms with Crippen molar-refractivity contribution < 1.29 is 4.39 Å². The Morgan fingerprint density at radius 1 is 1.19 bits per heavy atom. The molecule has 7 heteroatoms. The highest BCUT2D eigenvalue weighted by Crippen LogP contribution is 2.47. The molecule has 0 aromatic carbocycles. The Morgan fingerprint density at radius 2 is 1.89 bits per heavy atom. The second-order valence-electron chi connectivity index (χ2n) is 8.93. The van der Waals surface area contributed by atoms with Crippen molar-refractivity contribution in [1.29, 1.82) is 0 Å². The molecule has 4 saturated carbocycles. The lowest BCUT2D eigenvalue weighted by Crippen LogP contribution is -2.58. The molecule has 2 aromatic rings. The van der Waals surface area contributed by atoms with E-state index in [-0.39, 0.29) is 11.1 Å². The van der Waals surface area contributed by atoms with Crippen LogP contribution in [0.2, 0.25) is 0 Å². The van der Waals surface area contributed by atoms with Crippen molar-refractivity contribution in [3.05, 3.63) is 23.9 Å². The van der Waals surface area contributed by atoms with Crippen LogP contribution >= 0.6 is 0 Å². The molecule has 0 amide bonds. The van der Waals surface area contributed by atoms with E-state index in [1.165, 1.54) is 19.0 Å². The number of halogens is 1. The molecule has 2 heterocycles. The predicted molar refractivity (Wildman–Crippen MR) is 102 cm³/mol. The standard InChI is InChI=1S/C20H27FN6/c1-27-16(10-13-2-3-13)14(11-24-27)17-15(21)12-23-18(25-17)26-20-7-4-19(22,5-8-20)6-9-20/h11-13H,2-10,22H2,1H3,(H,23,25,26). The smallest absolute Gasteiger partial charge is 0.223 e. The van der Waals surface area contributed by atoms with E-state index < -0.39 is 5.82 Å². The maximum absolute atomic E-state index is 14.6. The third-order valence-electron chi connectivity index (χ3n) is 6.92. The van der Waals surface area contributed by atoms with Crippen molar-refractivity contribution in [2.75, 3.05) is 5.32 Å². The molecule has 0 saturated heterocycles. The van der Waals surface area contributed by atoms with Gasteiger partial charge in [0.15, 0.2) is 5.82 Å². The van der Waals surface area contributed by atoms with Gasteiger partial charge in [0.2, 0.25) is 5.95 Å². The summed E-state index contributed by atoms with van der Waals surface area (Å²) in [6.45, 7) is 0. The molecule has 0 atom stereocenters. The number of hydrogen-bond donors (Lipinski definition) is 2. The van der Waals surface area contributed by atoms with Crippen LogP contribution in [0.4, 0.5) is 10.3 Å². The van der Waals surface area contributed by atoms with E-state index in [1.807, 2.05) is 11.7 Å². The molecule has 2 bridgehead atoms. The number of rotatable bonds is 5. The van der Waals surface area contributed by atoms with Crippen molar-refractivity contribution >= 4 is 5.95 Å². The lowest BCUT2D eigenvalue weighted by Gasteiger charge is -2.52. The lowest BCUT2D eigenvalue weighted by molar-refractivity contribution is 0.126. The summed E-state index contributed by atoms with van der Waals surface area (Å²) in [4.78, 5) is 8.82. The van der Waals surface area contributed by atoms with E-state index >= 15 is 0 Å². The van der Waals surface area contributed by atoms with Crippen LogP contribution in [0.3, 0.4) is 0 Å². The monoisotopic (exact) mass is 370 g/mol. The molecule has 2 aromatic heterocycles. The largest absolute Gasteiger partial charge is 0.349 e. The number of nitrogens with one attached hydrogen (secondary N) is 1. The third-order valence-corrected chi connectivity index (χ3v) is 6.92. The minimum Gasteiger partial charge on any atom is -0.349 e. The molecule has 6 rings (SSSR count). The van der Waals surface area contributed by atoms with E-state index in [0.717, 1.165) is 56.2 Å². The zero-order valence-electron chi connectivity index (χ0n) is 15.8. The SMILES string of the molecule is Cn1ncc(-c2nc(NC34CCC(N)(CC3)CC4)ncc2F)c1CC1CC1. The van der Waals surface area contributed by atoms with Crippen LogP contribution in [0.25, 0.3) is 11.3 Å². The molecular formula is C20H27FN6. The Hall–Kier alpha value is -2.02. The zero-order chi connectivity index (χ0) is 18.6. The van der Waals surface area contributed by atoms with Crippen LogP contribution in [-0.2, 0) is 13.5 Å². The van der Waals surface area contributed by atoms with Gasteiger partial charge in [-0.2, -0.15) is 5.10 Å². The molecular weight excluding hydrogens is 343 g/mol. The number of fused-ring (bicyclic) bond motifs is 3. The molecule has 0 radical (unpaired) electrons. The first-order valence-corrected chi connectivity index (χ1v) is 10.1. The Morgan fingerprint density at radius 3 is 2.56 bits per heavy atom. The van der Waals surface area contributed by atoms with Crippen LogP contribution in [-0.4, -0.2) is 30.8 Å². The lowest BCUT2D eigenvalue weighted by atomic mass is 9.62. The second-order valence-corrected chi connectivity index (χ2v) is 8.93. The summed E-state index contributed by atoms with van der Waals surface area (Å²) in [5.41, 5.74) is 8.64. The van der Waals surface area contributed by atoms with Gasteiger partial charge in [-0.1, -0.05) is 0 Å². The Balaban J connectivity index is 1.44. The number of anilines is 1. The van der Waals surface area contributed by atoms with E-state index in [1.54, 1.807) is 6.20 Å². The van der Waals surface area contributed by atoms with Crippen LogP contribution in [0.15, 0.2) is 12.4 Å². The maximum atomic E-state index is 14.6. The first-order valence-electron chi connectivity index (χ1n) is 10.1. The summed E-state index contributed by atoms with van der Waals surface area (Å²) >= 11 is 0. The highest BCUT2D eigenvalue weighted by molar-refractivity contribution is 5.63. The minimum atomic E-state index is -0.392. The van der Waals surface area contributed by atoms with E-state index in [2.05, 4.69) is 20.4 Å². The molecule has 4 fully saturated rings. The molecule has 0 aliphatic heterocycles. The summed E-state index contributed by atoms with van der Waals surface area (Å²) < 4.78 is 16.5. The van der Waals surface area contributed by atoms with Crippen LogP contribution < -0.4 is 11.1 Å². The van der Waals surface area contributed by atoms with Gasteiger partial charge in [-0.15, -0.1) is 0 Å². The number of aryl methyl sites for hydroxylation is 1. The van der Waals surface area contributed by atoms with Gasteiger partial charge in [0.25, 0.3) is 0 Å². The van der Waals surface area contributed by atoms with Crippen LogP contribution in [0.5, 0.6) is 0 Å². The van der Waals surface area contributed by atoms with Crippen LogP contribution in [0, 0.1) is 11.7 Å². The fourth-order valence-corrected chi connectivity index (χ4v) is 4.75. The Labute approximate surface area is 158 Å². The van der Waals surface area contributed by atoms with Gasteiger partial charge in [0, 0.05) is 29.4 Å². The normalized spacial score (nSPS) is 29.9. The van der Waals surface area contributed by atoms with E-state index in [9.17, 15) is 4.39 Å². The third kappa shape index (κ3) is 3.12. The van der Waals surface area contributed by atoms with Gasteiger partial charge in [0.05, 0.1) is 12.4 Å². The van der Waals surface area contributed by atoms with Crippen molar-refractivity contribution in [2.24, 2.45) is 18.7 Å². The summed E-state index contributed by atoms with van der Waals surface area (Å²) in [5.74, 6) is 0.817. The molecule has 0 spiro atoms. The Bertz CT molecular complexity index is 847. The van der Waals surface area contributed by atoms with E-state index in [4.69, 9.17) is 5.73 Å². The topological polar surface area (TPSA) is 81.7 Å². The molecule has 6 nitrogen and oxygen atoms in total. The predicted octanol–water partition coefficient (Wildman–Crippen LogP) is 3.18. The number of nitrogens with zero attached hydrogens (tertiary/aromatic N) is 4. The number of aromatic nitrogens is 4. The van der Waals surface area contributed by atoms with Crippen LogP contribution in [0.1, 0.15) is 57.1 Å². The highest BCUT2D eigenvalue weighted by atomic mass is 19.1. The van der Waals surface area contributed by atoms with Crippen molar-refractivity contribution in [2.45, 2.75) is 68.9 Å². The molecule has 4 aliphatic rings. The summed E-state index contributed by atoms with van der Waals surface area (Å²) in [6.07, 6.45) is 12.6.